The van der Waals surface area contributed by atoms with Crippen molar-refractivity contribution in [2.45, 2.75) is 6.61 Å². The number of nitrogens with zero attached hydrogens (tertiary/aromatic N) is 1. The molecule has 38 heavy (non-hydrogen) atoms. The summed E-state index contributed by atoms with van der Waals surface area (Å²) >= 11 is 6.14. The van der Waals surface area contributed by atoms with Gasteiger partial charge < -0.3 is 18.9 Å². The normalized spacial score (nSPS) is 14.4. The molecule has 1 aliphatic rings. The highest BCUT2D eigenvalue weighted by Gasteiger charge is 2.38. The van der Waals surface area contributed by atoms with Crippen LogP contribution in [0.1, 0.15) is 11.1 Å². The number of halogens is 2. The topological polar surface area (TPSA) is 103 Å². The summed E-state index contributed by atoms with van der Waals surface area (Å²) in [6.07, 6.45) is 1.32. The fourth-order valence-electron chi connectivity index (χ4n) is 3.70. The molecule has 3 aromatic rings. The first kappa shape index (κ1) is 26.5. The molecule has 1 heterocycles. The minimum atomic E-state index is -0.957. The number of hydrogen-bond donors (Lipinski definition) is 1. The van der Waals surface area contributed by atoms with Crippen LogP contribution in [-0.4, -0.2) is 39.2 Å². The maximum absolute atomic E-state index is 13.4. The van der Waals surface area contributed by atoms with E-state index in [1.54, 1.807) is 30.3 Å². The van der Waals surface area contributed by atoms with E-state index in [-0.39, 0.29) is 40.2 Å². The number of methoxy groups -OCH3 is 3. The Balaban J connectivity index is 1.64. The largest absolute Gasteiger partial charge is 0.495 e. The van der Waals surface area contributed by atoms with Gasteiger partial charge in [0.15, 0.2) is 11.5 Å². The van der Waals surface area contributed by atoms with Crippen molar-refractivity contribution in [2.75, 3.05) is 26.2 Å². The van der Waals surface area contributed by atoms with Crippen molar-refractivity contribution in [1.82, 2.24) is 5.32 Å². The van der Waals surface area contributed by atoms with Gasteiger partial charge in [-0.1, -0.05) is 29.8 Å². The van der Waals surface area contributed by atoms with Crippen molar-refractivity contribution in [1.29, 1.82) is 0 Å². The second-order valence-electron chi connectivity index (χ2n) is 7.94. The van der Waals surface area contributed by atoms with Crippen LogP contribution in [0.5, 0.6) is 23.0 Å². The van der Waals surface area contributed by atoms with E-state index in [2.05, 4.69) is 5.32 Å². The highest BCUT2D eigenvalue weighted by molar-refractivity contribution is 6.39. The number of barbiturate groups is 1. The van der Waals surface area contributed by atoms with Gasteiger partial charge in [-0.15, -0.1) is 0 Å². The molecule has 0 unspecified atom stereocenters. The maximum atomic E-state index is 13.4. The van der Waals surface area contributed by atoms with Crippen molar-refractivity contribution in [2.24, 2.45) is 0 Å². The van der Waals surface area contributed by atoms with Gasteiger partial charge in [0, 0.05) is 12.1 Å². The molecule has 3 aromatic carbocycles. The first-order valence-electron chi connectivity index (χ1n) is 11.1. The second kappa shape index (κ2) is 11.2. The lowest BCUT2D eigenvalue weighted by Crippen LogP contribution is -2.54. The van der Waals surface area contributed by atoms with Gasteiger partial charge in [0.05, 0.1) is 32.0 Å². The number of benzene rings is 3. The van der Waals surface area contributed by atoms with Gasteiger partial charge >= 0.3 is 6.03 Å². The number of carbonyl (C=O) groups is 3. The predicted molar refractivity (Wildman–Crippen MR) is 137 cm³/mol. The molecule has 196 valence electrons. The summed E-state index contributed by atoms with van der Waals surface area (Å²) in [6, 6.07) is 12.5. The Bertz CT molecular complexity index is 1440. The summed E-state index contributed by atoms with van der Waals surface area (Å²) in [6.45, 7) is 0.168. The molecule has 4 amide bonds. The molecular formula is C27H22ClFN2O7. The SMILES string of the molecule is COc1cc(N2C(=O)NC(=O)/C(=C\c3ccc(OCc4ccc(F)cc4)c(OC)c3)C2=O)c(OC)cc1Cl. The Hall–Kier alpha value is -4.57. The summed E-state index contributed by atoms with van der Waals surface area (Å²) in [5.74, 6) is -1.04. The molecule has 0 aromatic heterocycles. The average Bonchev–Trinajstić information content (AvgIpc) is 2.91. The van der Waals surface area contributed by atoms with Crippen LogP contribution in [0.3, 0.4) is 0 Å². The number of anilines is 1. The molecule has 9 nitrogen and oxygen atoms in total. The van der Waals surface area contributed by atoms with E-state index >= 15 is 0 Å². The number of amides is 4. The van der Waals surface area contributed by atoms with Crippen molar-refractivity contribution >= 4 is 41.2 Å². The molecule has 11 heteroatoms. The van der Waals surface area contributed by atoms with Crippen LogP contribution in [0.2, 0.25) is 5.02 Å². The predicted octanol–water partition coefficient (Wildman–Crippen LogP) is 4.75. The summed E-state index contributed by atoms with van der Waals surface area (Å²) < 4.78 is 34.8. The minimum Gasteiger partial charge on any atom is -0.495 e. The van der Waals surface area contributed by atoms with Crippen LogP contribution >= 0.6 is 11.6 Å². The third-order valence-electron chi connectivity index (χ3n) is 5.60. The summed E-state index contributed by atoms with van der Waals surface area (Å²) in [4.78, 5) is 39.4. The van der Waals surface area contributed by atoms with Crippen LogP contribution in [0.15, 0.2) is 60.2 Å². The zero-order valence-corrected chi connectivity index (χ0v) is 21.3. The van der Waals surface area contributed by atoms with E-state index in [1.165, 1.54) is 51.7 Å². The second-order valence-corrected chi connectivity index (χ2v) is 8.35. The molecule has 4 rings (SSSR count). The minimum absolute atomic E-state index is 0.0387. The first-order valence-corrected chi connectivity index (χ1v) is 11.5. The maximum Gasteiger partial charge on any atom is 0.336 e. The highest BCUT2D eigenvalue weighted by Crippen LogP contribution is 2.39. The van der Waals surface area contributed by atoms with Gasteiger partial charge in [-0.3, -0.25) is 14.9 Å². The van der Waals surface area contributed by atoms with Crippen molar-refractivity contribution in [3.63, 3.8) is 0 Å². The lowest BCUT2D eigenvalue weighted by atomic mass is 10.1. The molecule has 0 spiro atoms. The molecule has 1 N–H and O–H groups in total. The monoisotopic (exact) mass is 540 g/mol. The highest BCUT2D eigenvalue weighted by atomic mass is 35.5. The molecular weight excluding hydrogens is 519 g/mol. The molecule has 1 saturated heterocycles. The van der Waals surface area contributed by atoms with Gasteiger partial charge in [0.25, 0.3) is 11.8 Å². The number of ether oxygens (including phenoxy) is 4. The van der Waals surface area contributed by atoms with Crippen LogP contribution in [0.25, 0.3) is 6.08 Å². The Morgan fingerprint density at radius 1 is 0.868 bits per heavy atom. The molecule has 1 fully saturated rings. The van der Waals surface area contributed by atoms with Crippen molar-refractivity contribution in [3.8, 4) is 23.0 Å². The summed E-state index contributed by atoms with van der Waals surface area (Å²) in [5.41, 5.74) is 0.923. The first-order chi connectivity index (χ1) is 18.2. The van der Waals surface area contributed by atoms with Gasteiger partial charge in [-0.2, -0.15) is 0 Å². The average molecular weight is 541 g/mol. The summed E-state index contributed by atoms with van der Waals surface area (Å²) in [7, 11) is 4.17. The molecule has 1 aliphatic heterocycles. The van der Waals surface area contributed by atoms with E-state index in [4.69, 9.17) is 30.5 Å². The smallest absolute Gasteiger partial charge is 0.336 e. The molecule has 0 aliphatic carbocycles. The Labute approximate surface area is 222 Å². The molecule has 0 atom stereocenters. The van der Waals surface area contributed by atoms with Crippen molar-refractivity contribution < 1.29 is 37.7 Å². The van der Waals surface area contributed by atoms with Crippen LogP contribution in [-0.2, 0) is 16.2 Å². The van der Waals surface area contributed by atoms with E-state index in [9.17, 15) is 18.8 Å². The quantitative estimate of drug-likeness (QED) is 0.325. The molecule has 0 bridgehead atoms. The van der Waals surface area contributed by atoms with E-state index in [0.29, 0.717) is 17.1 Å². The summed E-state index contributed by atoms with van der Waals surface area (Å²) in [5, 5.41) is 2.37. The third-order valence-corrected chi connectivity index (χ3v) is 5.90. The Morgan fingerprint density at radius 2 is 1.55 bits per heavy atom. The Kier molecular flexibility index (Phi) is 7.82. The number of hydrogen-bond acceptors (Lipinski definition) is 7. The van der Waals surface area contributed by atoms with Gasteiger partial charge in [-0.05, 0) is 41.5 Å². The Morgan fingerprint density at radius 3 is 2.21 bits per heavy atom. The van der Waals surface area contributed by atoms with Gasteiger partial charge in [0.1, 0.15) is 29.5 Å². The number of urea groups is 1. The van der Waals surface area contributed by atoms with Crippen LogP contribution in [0.4, 0.5) is 14.9 Å². The van der Waals surface area contributed by atoms with E-state index in [1.807, 2.05) is 0 Å². The zero-order chi connectivity index (χ0) is 27.4. The van der Waals surface area contributed by atoms with Crippen molar-refractivity contribution in [3.05, 3.63) is 82.1 Å². The number of imide groups is 2. The van der Waals surface area contributed by atoms with Gasteiger partial charge in [0.2, 0.25) is 0 Å². The van der Waals surface area contributed by atoms with Gasteiger partial charge in [-0.25, -0.2) is 14.1 Å². The number of carbonyl (C=O) groups excluding carboxylic acids is 3. The zero-order valence-electron chi connectivity index (χ0n) is 20.5. The number of rotatable bonds is 8. The lowest BCUT2D eigenvalue weighted by molar-refractivity contribution is -0.122. The number of nitrogens with one attached hydrogen (secondary N) is 1. The van der Waals surface area contributed by atoms with Crippen LogP contribution < -0.4 is 29.2 Å². The fraction of sp³-hybridized carbons (Fsp3) is 0.148. The molecule has 0 radical (unpaired) electrons. The van der Waals surface area contributed by atoms with E-state index in [0.717, 1.165) is 10.5 Å². The van der Waals surface area contributed by atoms with Crippen LogP contribution in [0, 0.1) is 5.82 Å². The van der Waals surface area contributed by atoms with E-state index < -0.39 is 17.8 Å². The molecule has 0 saturated carbocycles. The third kappa shape index (κ3) is 5.40. The lowest BCUT2D eigenvalue weighted by Gasteiger charge is -2.28. The fourth-order valence-corrected chi connectivity index (χ4v) is 3.93. The standard InChI is InChI=1S/C27H22ClFN2O7/c1-35-22-13-20(23(36-2)12-19(22)28)31-26(33)18(25(32)30-27(31)34)10-16-6-9-21(24(11-16)37-3)38-14-15-4-7-17(29)8-5-15/h4-13H,14H2,1-3H3,(H,30,32,34)/b18-10+.